The molecule has 3 aromatic rings. The van der Waals surface area contributed by atoms with Crippen LogP contribution in [0.25, 0.3) is 23.0 Å². The molecule has 4 rings (SSSR count). The highest BCUT2D eigenvalue weighted by atomic mass is 16.5. The SMILES string of the molecule is CNC(=O)c1c(-c2ccccc2)noc1C=C(N)c1ccc(CN2CCOCC2)cc1. The zero-order valence-electron chi connectivity index (χ0n) is 17.5. The Labute approximate surface area is 181 Å². The number of amides is 1. The lowest BCUT2D eigenvalue weighted by atomic mass is 10.0. The van der Waals surface area contributed by atoms with E-state index in [-0.39, 0.29) is 5.91 Å². The van der Waals surface area contributed by atoms with Gasteiger partial charge >= 0.3 is 0 Å². The van der Waals surface area contributed by atoms with Crippen LogP contribution in [0.2, 0.25) is 0 Å². The molecule has 7 heteroatoms. The highest BCUT2D eigenvalue weighted by molar-refractivity contribution is 6.03. The molecule has 1 fully saturated rings. The second kappa shape index (κ2) is 9.59. The van der Waals surface area contributed by atoms with Crippen LogP contribution in [0.3, 0.4) is 0 Å². The topological polar surface area (TPSA) is 93.6 Å². The van der Waals surface area contributed by atoms with Gasteiger partial charge in [0.15, 0.2) is 5.76 Å². The molecule has 0 bridgehead atoms. The van der Waals surface area contributed by atoms with Gasteiger partial charge in [0.2, 0.25) is 0 Å². The van der Waals surface area contributed by atoms with E-state index in [1.165, 1.54) is 5.56 Å². The van der Waals surface area contributed by atoms with E-state index >= 15 is 0 Å². The van der Waals surface area contributed by atoms with Crippen molar-refractivity contribution in [2.24, 2.45) is 5.73 Å². The second-order valence-corrected chi connectivity index (χ2v) is 7.40. The van der Waals surface area contributed by atoms with Crippen LogP contribution >= 0.6 is 0 Å². The quantitative estimate of drug-likeness (QED) is 0.639. The first-order valence-corrected chi connectivity index (χ1v) is 10.3. The Morgan fingerprint density at radius 1 is 1.13 bits per heavy atom. The summed E-state index contributed by atoms with van der Waals surface area (Å²) in [6.45, 7) is 4.34. The number of aromatic nitrogens is 1. The Kier molecular flexibility index (Phi) is 6.45. The zero-order valence-corrected chi connectivity index (χ0v) is 17.5. The number of nitrogens with two attached hydrogens (primary N) is 1. The molecule has 1 aromatic heterocycles. The third-order valence-electron chi connectivity index (χ3n) is 5.30. The monoisotopic (exact) mass is 418 g/mol. The van der Waals surface area contributed by atoms with E-state index in [4.69, 9.17) is 15.0 Å². The van der Waals surface area contributed by atoms with Gasteiger partial charge in [-0.05, 0) is 11.1 Å². The molecule has 3 N–H and O–H groups in total. The molecule has 7 nitrogen and oxygen atoms in total. The van der Waals surface area contributed by atoms with E-state index in [0.29, 0.717) is 22.7 Å². The van der Waals surface area contributed by atoms with E-state index < -0.39 is 0 Å². The van der Waals surface area contributed by atoms with Crippen molar-refractivity contribution >= 4 is 17.7 Å². The maximum absolute atomic E-state index is 12.5. The second-order valence-electron chi connectivity index (χ2n) is 7.40. The molecule has 2 heterocycles. The first-order valence-electron chi connectivity index (χ1n) is 10.3. The van der Waals surface area contributed by atoms with Crippen molar-refractivity contribution in [3.05, 3.63) is 77.0 Å². The highest BCUT2D eigenvalue weighted by Crippen LogP contribution is 2.27. The zero-order chi connectivity index (χ0) is 21.6. The fraction of sp³-hybridized carbons (Fsp3) is 0.250. The van der Waals surface area contributed by atoms with Crippen molar-refractivity contribution in [3.8, 4) is 11.3 Å². The van der Waals surface area contributed by atoms with Gasteiger partial charge in [-0.25, -0.2) is 0 Å². The normalized spacial score (nSPS) is 15.1. The van der Waals surface area contributed by atoms with E-state index in [2.05, 4.69) is 27.5 Å². The Morgan fingerprint density at radius 2 is 1.84 bits per heavy atom. The first-order chi connectivity index (χ1) is 15.2. The summed E-state index contributed by atoms with van der Waals surface area (Å²) < 4.78 is 10.9. The number of nitrogens with one attached hydrogen (secondary N) is 1. The predicted octanol–water partition coefficient (Wildman–Crippen LogP) is 2.99. The third-order valence-corrected chi connectivity index (χ3v) is 5.30. The summed E-state index contributed by atoms with van der Waals surface area (Å²) in [4.78, 5) is 14.9. The van der Waals surface area contributed by atoms with Gasteiger partial charge in [-0.2, -0.15) is 0 Å². The maximum atomic E-state index is 12.5. The van der Waals surface area contributed by atoms with Crippen LogP contribution in [0, 0.1) is 0 Å². The van der Waals surface area contributed by atoms with Gasteiger partial charge in [-0.1, -0.05) is 59.8 Å². The molecule has 0 aliphatic carbocycles. The van der Waals surface area contributed by atoms with Crippen molar-refractivity contribution in [1.29, 1.82) is 0 Å². The molecule has 1 saturated heterocycles. The first kappa shape index (κ1) is 20.8. The van der Waals surface area contributed by atoms with Gasteiger partial charge in [-0.15, -0.1) is 0 Å². The number of ether oxygens (including phenoxy) is 1. The summed E-state index contributed by atoms with van der Waals surface area (Å²) in [7, 11) is 1.58. The largest absolute Gasteiger partial charge is 0.398 e. The van der Waals surface area contributed by atoms with Crippen LogP contribution in [0.5, 0.6) is 0 Å². The number of nitrogens with zero attached hydrogens (tertiary/aromatic N) is 2. The molecule has 31 heavy (non-hydrogen) atoms. The van der Waals surface area contributed by atoms with Crippen LogP contribution in [0.4, 0.5) is 0 Å². The fourth-order valence-corrected chi connectivity index (χ4v) is 3.58. The molecule has 160 valence electrons. The van der Waals surface area contributed by atoms with Gasteiger partial charge in [0, 0.05) is 44.0 Å². The molecule has 1 amide bonds. The van der Waals surface area contributed by atoms with E-state index in [1.54, 1.807) is 13.1 Å². The smallest absolute Gasteiger partial charge is 0.257 e. The van der Waals surface area contributed by atoms with Crippen LogP contribution in [-0.4, -0.2) is 49.3 Å². The number of rotatable bonds is 6. The molecular formula is C24H26N4O3. The lowest BCUT2D eigenvalue weighted by Crippen LogP contribution is -2.35. The Hall–Kier alpha value is -3.42. The summed E-state index contributed by atoms with van der Waals surface area (Å²) in [5.41, 5.74) is 10.6. The average Bonchev–Trinajstić information content (AvgIpc) is 3.23. The summed E-state index contributed by atoms with van der Waals surface area (Å²) in [6, 6.07) is 17.6. The van der Waals surface area contributed by atoms with Crippen LogP contribution in [0.1, 0.15) is 27.2 Å². The average molecular weight is 418 g/mol. The Morgan fingerprint density at radius 3 is 2.52 bits per heavy atom. The molecular weight excluding hydrogens is 392 g/mol. The van der Waals surface area contributed by atoms with Crippen LogP contribution < -0.4 is 11.1 Å². The Balaban J connectivity index is 1.58. The molecule has 0 spiro atoms. The molecule has 0 radical (unpaired) electrons. The van der Waals surface area contributed by atoms with Gasteiger partial charge in [-0.3, -0.25) is 9.69 Å². The molecule has 1 aliphatic heterocycles. The number of hydrogen-bond acceptors (Lipinski definition) is 6. The third kappa shape index (κ3) is 4.84. The van der Waals surface area contributed by atoms with Crippen molar-refractivity contribution in [3.63, 3.8) is 0 Å². The number of carbonyl (C=O) groups excluding carboxylic acids is 1. The van der Waals surface area contributed by atoms with Crippen LogP contribution in [-0.2, 0) is 11.3 Å². The summed E-state index contributed by atoms with van der Waals surface area (Å²) in [5, 5.41) is 6.78. The molecule has 2 aromatic carbocycles. The number of hydrogen-bond donors (Lipinski definition) is 2. The van der Waals surface area contributed by atoms with Gasteiger partial charge in [0.25, 0.3) is 5.91 Å². The lowest BCUT2D eigenvalue weighted by Gasteiger charge is -2.26. The van der Waals surface area contributed by atoms with Crippen molar-refractivity contribution in [1.82, 2.24) is 15.4 Å². The minimum Gasteiger partial charge on any atom is -0.398 e. The van der Waals surface area contributed by atoms with E-state index in [1.807, 2.05) is 42.5 Å². The van der Waals surface area contributed by atoms with Gasteiger partial charge < -0.3 is 20.3 Å². The standard InChI is InChI=1S/C24H26N4O3/c1-26-24(29)22-21(31-27-23(22)19-5-3-2-4-6-19)15-20(25)18-9-7-17(8-10-18)16-28-11-13-30-14-12-28/h2-10,15H,11-14,16,25H2,1H3,(H,26,29). The van der Waals surface area contributed by atoms with Gasteiger partial charge in [0.1, 0.15) is 11.3 Å². The van der Waals surface area contributed by atoms with Crippen LogP contribution in [0.15, 0.2) is 59.1 Å². The summed E-state index contributed by atoms with van der Waals surface area (Å²) in [6.07, 6.45) is 1.65. The fourth-order valence-electron chi connectivity index (χ4n) is 3.58. The number of carbonyl (C=O) groups is 1. The van der Waals surface area contributed by atoms with Gasteiger partial charge in [0.05, 0.1) is 13.2 Å². The highest BCUT2D eigenvalue weighted by Gasteiger charge is 2.22. The van der Waals surface area contributed by atoms with E-state index in [9.17, 15) is 4.79 Å². The van der Waals surface area contributed by atoms with Crippen molar-refractivity contribution < 1.29 is 14.1 Å². The lowest BCUT2D eigenvalue weighted by molar-refractivity contribution is 0.0342. The summed E-state index contributed by atoms with van der Waals surface area (Å²) in [5.74, 6) is 0.0492. The minimum atomic E-state index is -0.278. The van der Waals surface area contributed by atoms with E-state index in [0.717, 1.165) is 44.0 Å². The minimum absolute atomic E-state index is 0.278. The number of benzene rings is 2. The molecule has 1 aliphatic rings. The Bertz CT molecular complexity index is 1050. The molecule has 0 saturated carbocycles. The van der Waals surface area contributed by atoms with Crippen molar-refractivity contribution in [2.75, 3.05) is 33.4 Å². The molecule has 0 unspecified atom stereocenters. The number of morpholine rings is 1. The maximum Gasteiger partial charge on any atom is 0.257 e. The van der Waals surface area contributed by atoms with Crippen molar-refractivity contribution in [2.45, 2.75) is 6.54 Å². The molecule has 0 atom stereocenters. The summed E-state index contributed by atoms with van der Waals surface area (Å²) >= 11 is 0. The predicted molar refractivity (Wildman–Crippen MR) is 120 cm³/mol.